The van der Waals surface area contributed by atoms with E-state index in [1.54, 1.807) is 11.3 Å². The largest absolute Gasteiger partial charge is 0.316 e. The minimum Gasteiger partial charge on any atom is -0.316 e. The van der Waals surface area contributed by atoms with E-state index >= 15 is 0 Å². The van der Waals surface area contributed by atoms with E-state index in [9.17, 15) is 0 Å². The highest BCUT2D eigenvalue weighted by atomic mass is 32.1. The summed E-state index contributed by atoms with van der Waals surface area (Å²) in [5, 5.41) is 7.95. The van der Waals surface area contributed by atoms with Crippen molar-refractivity contribution in [2.24, 2.45) is 11.8 Å². The molecule has 0 fully saturated rings. The average Bonchev–Trinajstić information content (AvgIpc) is 2.79. The van der Waals surface area contributed by atoms with Crippen LogP contribution in [0, 0.1) is 11.8 Å². The first-order valence-electron chi connectivity index (χ1n) is 6.45. The summed E-state index contributed by atoms with van der Waals surface area (Å²) in [6.45, 7) is 9.28. The third kappa shape index (κ3) is 5.13. The van der Waals surface area contributed by atoms with Crippen molar-refractivity contribution in [3.63, 3.8) is 0 Å². The van der Waals surface area contributed by atoms with Crippen LogP contribution in [0.2, 0.25) is 0 Å². The molecule has 0 aliphatic carbocycles. The Morgan fingerprint density at radius 3 is 2.75 bits per heavy atom. The summed E-state index contributed by atoms with van der Waals surface area (Å²) in [5.74, 6) is 1.59. The molecular weight excluding hydrogens is 214 g/mol. The van der Waals surface area contributed by atoms with Gasteiger partial charge in [-0.3, -0.25) is 0 Å². The number of hydrogen-bond acceptors (Lipinski definition) is 2. The first kappa shape index (κ1) is 13.7. The molecule has 2 heteroatoms. The minimum absolute atomic E-state index is 0.783. The second-order valence-corrected chi connectivity index (χ2v) is 5.61. The minimum atomic E-state index is 0.783. The molecule has 1 aromatic rings. The normalized spacial score (nSPS) is 14.9. The number of rotatable bonds is 8. The summed E-state index contributed by atoms with van der Waals surface area (Å²) in [7, 11) is 0. The SMILES string of the molecule is CCCNCC(C)C(C)CCc1ccsc1. The number of hydrogen-bond donors (Lipinski definition) is 1. The zero-order chi connectivity index (χ0) is 11.8. The molecule has 0 aromatic carbocycles. The lowest BCUT2D eigenvalue weighted by molar-refractivity contribution is 0.348. The summed E-state index contributed by atoms with van der Waals surface area (Å²) in [6.07, 6.45) is 3.78. The van der Waals surface area contributed by atoms with Crippen LogP contribution in [0.25, 0.3) is 0 Å². The lowest BCUT2D eigenvalue weighted by atomic mass is 9.90. The van der Waals surface area contributed by atoms with Gasteiger partial charge in [0.25, 0.3) is 0 Å². The van der Waals surface area contributed by atoms with Crippen LogP contribution in [0.4, 0.5) is 0 Å². The molecule has 1 N–H and O–H groups in total. The monoisotopic (exact) mass is 239 g/mol. The van der Waals surface area contributed by atoms with Gasteiger partial charge in [0.05, 0.1) is 0 Å². The van der Waals surface area contributed by atoms with Crippen LogP contribution < -0.4 is 5.32 Å². The molecule has 1 heterocycles. The maximum Gasteiger partial charge on any atom is -0.00206 e. The van der Waals surface area contributed by atoms with Gasteiger partial charge < -0.3 is 5.32 Å². The van der Waals surface area contributed by atoms with Crippen molar-refractivity contribution >= 4 is 11.3 Å². The van der Waals surface area contributed by atoms with Gasteiger partial charge in [-0.1, -0.05) is 20.8 Å². The standard InChI is InChI=1S/C14H25NS/c1-4-8-15-10-13(3)12(2)5-6-14-7-9-16-11-14/h7,9,11-13,15H,4-6,8,10H2,1-3H3. The molecule has 1 nitrogen and oxygen atoms in total. The second-order valence-electron chi connectivity index (χ2n) is 4.83. The zero-order valence-corrected chi connectivity index (χ0v) is 11.6. The van der Waals surface area contributed by atoms with Gasteiger partial charge in [-0.15, -0.1) is 0 Å². The quantitative estimate of drug-likeness (QED) is 0.677. The Bertz CT molecular complexity index is 256. The summed E-state index contributed by atoms with van der Waals surface area (Å²) >= 11 is 1.80. The summed E-state index contributed by atoms with van der Waals surface area (Å²) in [5.41, 5.74) is 1.51. The van der Waals surface area contributed by atoms with Crippen LogP contribution >= 0.6 is 11.3 Å². The van der Waals surface area contributed by atoms with Crippen LogP contribution in [0.3, 0.4) is 0 Å². The summed E-state index contributed by atoms with van der Waals surface area (Å²) in [6, 6.07) is 2.25. The van der Waals surface area contributed by atoms with Gasteiger partial charge in [0, 0.05) is 0 Å². The van der Waals surface area contributed by atoms with Crippen LogP contribution in [0.1, 0.15) is 39.2 Å². The molecule has 0 amide bonds. The van der Waals surface area contributed by atoms with E-state index in [1.807, 2.05) is 0 Å². The molecule has 92 valence electrons. The van der Waals surface area contributed by atoms with Gasteiger partial charge in [-0.25, -0.2) is 0 Å². The molecule has 0 saturated carbocycles. The molecular formula is C14H25NS. The first-order valence-corrected chi connectivity index (χ1v) is 7.40. The van der Waals surface area contributed by atoms with Crippen LogP contribution in [0.15, 0.2) is 16.8 Å². The van der Waals surface area contributed by atoms with Gasteiger partial charge in [0.2, 0.25) is 0 Å². The number of nitrogens with one attached hydrogen (secondary N) is 1. The summed E-state index contributed by atoms with van der Waals surface area (Å²) < 4.78 is 0. The smallest absolute Gasteiger partial charge is 0.00206 e. The molecule has 1 rings (SSSR count). The highest BCUT2D eigenvalue weighted by Crippen LogP contribution is 2.18. The predicted molar refractivity (Wildman–Crippen MR) is 74.1 cm³/mol. The number of aryl methyl sites for hydroxylation is 1. The van der Waals surface area contributed by atoms with E-state index in [1.165, 1.54) is 31.4 Å². The zero-order valence-electron chi connectivity index (χ0n) is 10.8. The van der Waals surface area contributed by atoms with Crippen molar-refractivity contribution in [1.29, 1.82) is 0 Å². The maximum absolute atomic E-state index is 3.51. The fourth-order valence-corrected chi connectivity index (χ4v) is 2.52. The van der Waals surface area contributed by atoms with Crippen molar-refractivity contribution in [1.82, 2.24) is 5.32 Å². The Kier molecular flexibility index (Phi) is 6.74. The van der Waals surface area contributed by atoms with Crippen molar-refractivity contribution in [2.45, 2.75) is 40.0 Å². The predicted octanol–water partition coefficient (Wildman–Crippen LogP) is 3.95. The molecule has 0 aliphatic heterocycles. The van der Waals surface area contributed by atoms with E-state index in [0.717, 1.165) is 18.4 Å². The fourth-order valence-electron chi connectivity index (χ4n) is 1.82. The number of thiophene rings is 1. The average molecular weight is 239 g/mol. The highest BCUT2D eigenvalue weighted by molar-refractivity contribution is 7.07. The Labute approximate surface area is 104 Å². The third-order valence-corrected chi connectivity index (χ3v) is 4.06. The van der Waals surface area contributed by atoms with Crippen molar-refractivity contribution in [3.05, 3.63) is 22.4 Å². The van der Waals surface area contributed by atoms with E-state index < -0.39 is 0 Å². The van der Waals surface area contributed by atoms with Crippen molar-refractivity contribution in [3.8, 4) is 0 Å². The summed E-state index contributed by atoms with van der Waals surface area (Å²) in [4.78, 5) is 0. The topological polar surface area (TPSA) is 12.0 Å². The van der Waals surface area contributed by atoms with E-state index in [-0.39, 0.29) is 0 Å². The molecule has 2 unspecified atom stereocenters. The molecule has 16 heavy (non-hydrogen) atoms. The van der Waals surface area contributed by atoms with Crippen LogP contribution in [-0.2, 0) is 6.42 Å². The van der Waals surface area contributed by atoms with Crippen LogP contribution in [-0.4, -0.2) is 13.1 Å². The van der Waals surface area contributed by atoms with Crippen molar-refractivity contribution < 1.29 is 0 Å². The van der Waals surface area contributed by atoms with E-state index in [2.05, 4.69) is 42.9 Å². The molecule has 0 bridgehead atoms. The third-order valence-electron chi connectivity index (χ3n) is 3.33. The Morgan fingerprint density at radius 2 is 2.12 bits per heavy atom. The molecule has 1 aromatic heterocycles. The van der Waals surface area contributed by atoms with Crippen molar-refractivity contribution in [2.75, 3.05) is 13.1 Å². The Morgan fingerprint density at radius 1 is 1.31 bits per heavy atom. The molecule has 0 aliphatic rings. The van der Waals surface area contributed by atoms with Gasteiger partial charge in [0.1, 0.15) is 0 Å². The highest BCUT2D eigenvalue weighted by Gasteiger charge is 2.11. The second kappa shape index (κ2) is 7.86. The molecule has 0 saturated heterocycles. The lowest BCUT2D eigenvalue weighted by Crippen LogP contribution is -2.26. The Balaban J connectivity index is 2.15. The molecule has 0 spiro atoms. The molecule has 0 radical (unpaired) electrons. The van der Waals surface area contributed by atoms with E-state index in [0.29, 0.717) is 0 Å². The van der Waals surface area contributed by atoms with E-state index in [4.69, 9.17) is 0 Å². The van der Waals surface area contributed by atoms with Crippen LogP contribution in [0.5, 0.6) is 0 Å². The lowest BCUT2D eigenvalue weighted by Gasteiger charge is -2.20. The maximum atomic E-state index is 3.51. The Hall–Kier alpha value is -0.340. The first-order chi connectivity index (χ1) is 7.74. The van der Waals surface area contributed by atoms with Gasteiger partial charge in [-0.05, 0) is 66.6 Å². The van der Waals surface area contributed by atoms with Gasteiger partial charge in [0.15, 0.2) is 0 Å². The molecule has 2 atom stereocenters. The van der Waals surface area contributed by atoms with Gasteiger partial charge >= 0.3 is 0 Å². The fraction of sp³-hybridized carbons (Fsp3) is 0.714. The van der Waals surface area contributed by atoms with Gasteiger partial charge in [-0.2, -0.15) is 11.3 Å².